The molecule has 3 aromatic rings. The maximum absolute atomic E-state index is 12.3. The maximum atomic E-state index is 12.3. The Balaban J connectivity index is 1.45. The van der Waals surface area contributed by atoms with Crippen molar-refractivity contribution in [1.82, 2.24) is 10.3 Å². The third kappa shape index (κ3) is 2.96. The monoisotopic (exact) mass is 338 g/mol. The number of rotatable bonds is 4. The molecule has 0 saturated heterocycles. The number of nitrogens with zero attached hydrogens (tertiary/aromatic N) is 1. The summed E-state index contributed by atoms with van der Waals surface area (Å²) in [6, 6.07) is 13.1. The Morgan fingerprint density at radius 1 is 1.17 bits per heavy atom. The topological polar surface area (TPSA) is 60.5 Å². The van der Waals surface area contributed by atoms with E-state index in [1.807, 2.05) is 29.6 Å². The number of hydrogen-bond acceptors (Lipinski definition) is 5. The van der Waals surface area contributed by atoms with Crippen LogP contribution in [0.25, 0.3) is 10.6 Å². The Labute approximate surface area is 142 Å². The van der Waals surface area contributed by atoms with E-state index in [9.17, 15) is 4.79 Å². The zero-order chi connectivity index (χ0) is 16.4. The minimum Gasteiger partial charge on any atom is -0.454 e. The lowest BCUT2D eigenvalue weighted by Gasteiger charge is -2.07. The molecule has 0 spiro atoms. The van der Waals surface area contributed by atoms with Crippen LogP contribution in [0.1, 0.15) is 15.9 Å². The van der Waals surface area contributed by atoms with Crippen molar-refractivity contribution in [2.24, 2.45) is 0 Å². The number of carbonyl (C=O) groups is 1. The first kappa shape index (κ1) is 14.7. The van der Waals surface area contributed by atoms with E-state index in [0.29, 0.717) is 23.6 Å². The first-order chi connectivity index (χ1) is 11.8. The maximum Gasteiger partial charge on any atom is 0.251 e. The molecule has 0 bridgehead atoms. The SMILES string of the molecule is O=C(NCc1ccnc(-c2cccs2)c1)c1ccc2c(c1)OCO2. The van der Waals surface area contributed by atoms with E-state index >= 15 is 0 Å². The summed E-state index contributed by atoms with van der Waals surface area (Å²) in [5, 5.41) is 4.94. The fraction of sp³-hybridized carbons (Fsp3) is 0.111. The summed E-state index contributed by atoms with van der Waals surface area (Å²) in [7, 11) is 0. The van der Waals surface area contributed by atoms with E-state index in [-0.39, 0.29) is 12.7 Å². The van der Waals surface area contributed by atoms with E-state index in [2.05, 4.69) is 10.3 Å². The van der Waals surface area contributed by atoms with Gasteiger partial charge in [0.1, 0.15) is 0 Å². The van der Waals surface area contributed by atoms with Crippen LogP contribution in [0.5, 0.6) is 11.5 Å². The number of aromatic nitrogens is 1. The summed E-state index contributed by atoms with van der Waals surface area (Å²) < 4.78 is 10.6. The summed E-state index contributed by atoms with van der Waals surface area (Å²) in [5.74, 6) is 1.12. The van der Waals surface area contributed by atoms with Crippen molar-refractivity contribution in [1.29, 1.82) is 0 Å². The molecular weight excluding hydrogens is 324 g/mol. The van der Waals surface area contributed by atoms with Gasteiger partial charge in [-0.2, -0.15) is 0 Å². The second kappa shape index (κ2) is 6.33. The molecule has 0 saturated carbocycles. The van der Waals surface area contributed by atoms with Crippen molar-refractivity contribution in [3.8, 4) is 22.1 Å². The number of amides is 1. The predicted molar refractivity (Wildman–Crippen MR) is 91.3 cm³/mol. The highest BCUT2D eigenvalue weighted by Crippen LogP contribution is 2.32. The Hall–Kier alpha value is -2.86. The second-order valence-electron chi connectivity index (χ2n) is 5.28. The third-order valence-corrected chi connectivity index (χ3v) is 4.58. The van der Waals surface area contributed by atoms with Crippen molar-refractivity contribution in [3.05, 3.63) is 65.2 Å². The largest absolute Gasteiger partial charge is 0.454 e. The summed E-state index contributed by atoms with van der Waals surface area (Å²) in [5.41, 5.74) is 2.47. The lowest BCUT2D eigenvalue weighted by atomic mass is 10.1. The zero-order valence-electron chi connectivity index (χ0n) is 12.7. The smallest absolute Gasteiger partial charge is 0.251 e. The van der Waals surface area contributed by atoms with Gasteiger partial charge in [-0.15, -0.1) is 11.3 Å². The number of hydrogen-bond donors (Lipinski definition) is 1. The molecule has 5 nitrogen and oxygen atoms in total. The van der Waals surface area contributed by atoms with Gasteiger partial charge in [-0.05, 0) is 47.3 Å². The summed E-state index contributed by atoms with van der Waals surface area (Å²) in [6.07, 6.45) is 1.76. The molecule has 3 heterocycles. The molecule has 1 aliphatic heterocycles. The number of carbonyl (C=O) groups excluding carboxylic acids is 1. The number of fused-ring (bicyclic) bond motifs is 1. The lowest BCUT2D eigenvalue weighted by molar-refractivity contribution is 0.0950. The number of nitrogens with one attached hydrogen (secondary N) is 1. The van der Waals surface area contributed by atoms with Gasteiger partial charge in [0.15, 0.2) is 11.5 Å². The zero-order valence-corrected chi connectivity index (χ0v) is 13.5. The average molecular weight is 338 g/mol. The van der Waals surface area contributed by atoms with Crippen LogP contribution < -0.4 is 14.8 Å². The average Bonchev–Trinajstić information content (AvgIpc) is 3.30. The molecular formula is C18H14N2O3S. The molecule has 24 heavy (non-hydrogen) atoms. The van der Waals surface area contributed by atoms with Crippen LogP contribution in [0.3, 0.4) is 0 Å². The molecule has 4 rings (SSSR count). The van der Waals surface area contributed by atoms with E-state index in [1.54, 1.807) is 35.7 Å². The minimum atomic E-state index is -0.150. The van der Waals surface area contributed by atoms with Gasteiger partial charge in [-0.25, -0.2) is 0 Å². The van der Waals surface area contributed by atoms with Crippen molar-refractivity contribution in [3.63, 3.8) is 0 Å². The van der Waals surface area contributed by atoms with Crippen LogP contribution in [-0.4, -0.2) is 17.7 Å². The predicted octanol–water partition coefficient (Wildman–Crippen LogP) is 3.47. The fourth-order valence-electron chi connectivity index (χ4n) is 2.47. The molecule has 0 radical (unpaired) electrons. The van der Waals surface area contributed by atoms with Gasteiger partial charge < -0.3 is 14.8 Å². The van der Waals surface area contributed by atoms with Gasteiger partial charge in [0.25, 0.3) is 5.91 Å². The van der Waals surface area contributed by atoms with E-state index in [1.165, 1.54) is 0 Å². The van der Waals surface area contributed by atoms with E-state index in [4.69, 9.17) is 9.47 Å². The third-order valence-electron chi connectivity index (χ3n) is 3.69. The molecule has 1 N–H and O–H groups in total. The van der Waals surface area contributed by atoms with Gasteiger partial charge in [0.05, 0.1) is 10.6 Å². The van der Waals surface area contributed by atoms with Crippen LogP contribution in [0.4, 0.5) is 0 Å². The standard InChI is InChI=1S/C18H14N2O3S/c21-18(13-3-4-15-16(9-13)23-11-22-15)20-10-12-5-6-19-14(8-12)17-2-1-7-24-17/h1-9H,10-11H2,(H,20,21). The summed E-state index contributed by atoms with van der Waals surface area (Å²) in [6.45, 7) is 0.636. The van der Waals surface area contributed by atoms with Crippen molar-refractivity contribution < 1.29 is 14.3 Å². The normalized spacial score (nSPS) is 12.2. The van der Waals surface area contributed by atoms with Crippen molar-refractivity contribution in [2.45, 2.75) is 6.54 Å². The summed E-state index contributed by atoms with van der Waals surface area (Å²) in [4.78, 5) is 17.8. The molecule has 2 aromatic heterocycles. The highest BCUT2D eigenvalue weighted by molar-refractivity contribution is 7.13. The molecule has 1 aliphatic rings. The highest BCUT2D eigenvalue weighted by Gasteiger charge is 2.16. The molecule has 0 atom stereocenters. The van der Waals surface area contributed by atoms with Gasteiger partial charge >= 0.3 is 0 Å². The highest BCUT2D eigenvalue weighted by atomic mass is 32.1. The fourth-order valence-corrected chi connectivity index (χ4v) is 3.16. The Morgan fingerprint density at radius 3 is 2.96 bits per heavy atom. The quantitative estimate of drug-likeness (QED) is 0.791. The molecule has 120 valence electrons. The van der Waals surface area contributed by atoms with Gasteiger partial charge in [-0.1, -0.05) is 6.07 Å². The van der Waals surface area contributed by atoms with Crippen LogP contribution in [0.15, 0.2) is 54.0 Å². The molecule has 6 heteroatoms. The van der Waals surface area contributed by atoms with Crippen LogP contribution in [0.2, 0.25) is 0 Å². The molecule has 0 aliphatic carbocycles. The minimum absolute atomic E-state index is 0.150. The number of pyridine rings is 1. The second-order valence-corrected chi connectivity index (χ2v) is 6.23. The van der Waals surface area contributed by atoms with E-state index < -0.39 is 0 Å². The van der Waals surface area contributed by atoms with Crippen molar-refractivity contribution >= 4 is 17.2 Å². The molecule has 1 amide bonds. The van der Waals surface area contributed by atoms with E-state index in [0.717, 1.165) is 16.1 Å². The Bertz CT molecular complexity index is 878. The van der Waals surface area contributed by atoms with Crippen LogP contribution in [-0.2, 0) is 6.54 Å². The van der Waals surface area contributed by atoms with Crippen molar-refractivity contribution in [2.75, 3.05) is 6.79 Å². The first-order valence-corrected chi connectivity index (χ1v) is 8.34. The van der Waals surface area contributed by atoms with Gasteiger partial charge in [-0.3, -0.25) is 9.78 Å². The van der Waals surface area contributed by atoms with Gasteiger partial charge in [0.2, 0.25) is 6.79 Å². The number of benzene rings is 1. The lowest BCUT2D eigenvalue weighted by Crippen LogP contribution is -2.22. The Morgan fingerprint density at radius 2 is 2.08 bits per heavy atom. The summed E-state index contributed by atoms with van der Waals surface area (Å²) >= 11 is 1.64. The molecule has 0 unspecified atom stereocenters. The van der Waals surface area contributed by atoms with Gasteiger partial charge in [0, 0.05) is 18.3 Å². The number of thiophene rings is 1. The Kier molecular flexibility index (Phi) is 3.88. The van der Waals surface area contributed by atoms with Crippen LogP contribution >= 0.6 is 11.3 Å². The van der Waals surface area contributed by atoms with Crippen LogP contribution in [0, 0.1) is 0 Å². The number of ether oxygens (including phenoxy) is 2. The molecule has 1 aromatic carbocycles. The molecule has 0 fully saturated rings. The first-order valence-electron chi connectivity index (χ1n) is 7.46.